The summed E-state index contributed by atoms with van der Waals surface area (Å²) >= 11 is 3.05. The third-order valence-electron chi connectivity index (χ3n) is 1.64. The van der Waals surface area contributed by atoms with Gasteiger partial charge in [-0.15, -0.1) is 10.2 Å². The molecule has 1 N–H and O–H groups in total. The van der Waals surface area contributed by atoms with Crippen LogP contribution >= 0.6 is 23.1 Å². The molecule has 0 fully saturated rings. The van der Waals surface area contributed by atoms with Crippen LogP contribution in [0, 0.1) is 11.3 Å². The molecule has 0 aromatic carbocycles. The Kier molecular flexibility index (Phi) is 4.32. The smallest absolute Gasteiger partial charge is 0.174 e. The molecule has 76 valence electrons. The zero-order chi connectivity index (χ0) is 10.4. The normalized spacial score (nSPS) is 14.6. The molecule has 4 nitrogen and oxygen atoms in total. The molecule has 0 aliphatic rings. The molecule has 1 unspecified atom stereocenters. The topological polar surface area (TPSA) is 61.6 Å². The first kappa shape index (κ1) is 11.4. The molecule has 0 aliphatic heterocycles. The third-order valence-corrected chi connectivity index (χ3v) is 3.81. The molecule has 0 bridgehead atoms. The van der Waals surface area contributed by atoms with Crippen molar-refractivity contribution in [1.82, 2.24) is 15.5 Å². The van der Waals surface area contributed by atoms with Gasteiger partial charge in [0.25, 0.3) is 0 Å². The molecule has 0 saturated carbocycles. The van der Waals surface area contributed by atoms with Crippen molar-refractivity contribution in [1.29, 1.82) is 5.26 Å². The standard InChI is InChI=1S/C8H12N4S2/c1-3-10-8(2,4-9)5-13-7-12-11-6-14-7/h6,10H,3,5H2,1-2H3. The second-order valence-corrected chi connectivity index (χ2v) is 5.02. The van der Waals surface area contributed by atoms with Gasteiger partial charge in [0, 0.05) is 5.75 Å². The Bertz CT molecular complexity index is 306. The molecule has 1 heterocycles. The molecule has 1 aromatic rings. The summed E-state index contributed by atoms with van der Waals surface area (Å²) in [6, 6.07) is 2.27. The first-order chi connectivity index (χ1) is 6.70. The number of nitrogens with zero attached hydrogens (tertiary/aromatic N) is 3. The van der Waals surface area contributed by atoms with Crippen molar-refractivity contribution in [2.24, 2.45) is 0 Å². The Balaban J connectivity index is 2.46. The summed E-state index contributed by atoms with van der Waals surface area (Å²) < 4.78 is 0.907. The van der Waals surface area contributed by atoms with Crippen LogP contribution in [0.2, 0.25) is 0 Å². The quantitative estimate of drug-likeness (QED) is 0.774. The fourth-order valence-corrected chi connectivity index (χ4v) is 2.49. The largest absolute Gasteiger partial charge is 0.299 e. The van der Waals surface area contributed by atoms with Crippen LogP contribution in [0.25, 0.3) is 0 Å². The number of nitriles is 1. The van der Waals surface area contributed by atoms with Crippen LogP contribution in [-0.4, -0.2) is 28.0 Å². The van der Waals surface area contributed by atoms with E-state index >= 15 is 0 Å². The molecule has 0 saturated heterocycles. The first-order valence-electron chi connectivity index (χ1n) is 4.25. The van der Waals surface area contributed by atoms with E-state index in [2.05, 4.69) is 21.6 Å². The summed E-state index contributed by atoms with van der Waals surface area (Å²) in [6.07, 6.45) is 0. The van der Waals surface area contributed by atoms with Gasteiger partial charge in [-0.2, -0.15) is 5.26 Å². The van der Waals surface area contributed by atoms with Crippen molar-refractivity contribution in [3.8, 4) is 6.07 Å². The van der Waals surface area contributed by atoms with E-state index in [0.717, 1.165) is 10.9 Å². The maximum absolute atomic E-state index is 8.99. The van der Waals surface area contributed by atoms with E-state index in [9.17, 15) is 0 Å². The lowest BCUT2D eigenvalue weighted by Gasteiger charge is -2.20. The minimum Gasteiger partial charge on any atom is -0.299 e. The molecule has 0 spiro atoms. The second-order valence-electron chi connectivity index (χ2n) is 2.97. The minimum atomic E-state index is -0.481. The van der Waals surface area contributed by atoms with Crippen LogP contribution in [0.4, 0.5) is 0 Å². The number of aromatic nitrogens is 2. The number of rotatable bonds is 5. The Morgan fingerprint density at radius 1 is 1.79 bits per heavy atom. The predicted octanol–water partition coefficient (Wildman–Crippen LogP) is 1.52. The molecule has 6 heteroatoms. The summed E-state index contributed by atoms with van der Waals surface area (Å²) in [5, 5.41) is 19.8. The molecule has 1 aromatic heterocycles. The zero-order valence-electron chi connectivity index (χ0n) is 8.15. The highest BCUT2D eigenvalue weighted by Crippen LogP contribution is 2.23. The van der Waals surface area contributed by atoms with Gasteiger partial charge in [0.05, 0.1) is 6.07 Å². The average Bonchev–Trinajstić information content (AvgIpc) is 2.68. The summed E-state index contributed by atoms with van der Waals surface area (Å²) in [4.78, 5) is 0. The first-order valence-corrected chi connectivity index (χ1v) is 6.12. The number of thioether (sulfide) groups is 1. The molecule has 1 rings (SSSR count). The molecule has 1 atom stereocenters. The summed E-state index contributed by atoms with van der Waals surface area (Å²) in [7, 11) is 0. The van der Waals surface area contributed by atoms with Crippen molar-refractivity contribution in [3.63, 3.8) is 0 Å². The van der Waals surface area contributed by atoms with E-state index in [0.29, 0.717) is 5.75 Å². The van der Waals surface area contributed by atoms with Gasteiger partial charge in [-0.05, 0) is 13.5 Å². The number of hydrogen-bond donors (Lipinski definition) is 1. The van der Waals surface area contributed by atoms with Crippen molar-refractivity contribution in [2.45, 2.75) is 23.7 Å². The van der Waals surface area contributed by atoms with Crippen molar-refractivity contribution >= 4 is 23.1 Å². The summed E-state index contributed by atoms with van der Waals surface area (Å²) in [5.41, 5.74) is 1.21. The Hall–Kier alpha value is -0.640. The van der Waals surface area contributed by atoms with Gasteiger partial charge >= 0.3 is 0 Å². The van der Waals surface area contributed by atoms with Crippen LogP contribution in [0.15, 0.2) is 9.85 Å². The SMILES string of the molecule is CCNC(C)(C#N)CSc1nncs1. The fraction of sp³-hybridized carbons (Fsp3) is 0.625. The van der Waals surface area contributed by atoms with Crippen LogP contribution in [0.3, 0.4) is 0 Å². The maximum atomic E-state index is 8.99. The molecule has 0 radical (unpaired) electrons. The van der Waals surface area contributed by atoms with E-state index in [-0.39, 0.29) is 0 Å². The molecule has 0 aliphatic carbocycles. The van der Waals surface area contributed by atoms with Crippen LogP contribution in [-0.2, 0) is 0 Å². The lowest BCUT2D eigenvalue weighted by molar-refractivity contribution is 0.511. The van der Waals surface area contributed by atoms with Crippen LogP contribution in [0.5, 0.6) is 0 Å². The second kappa shape index (κ2) is 5.29. The van der Waals surface area contributed by atoms with E-state index < -0.39 is 5.54 Å². The van der Waals surface area contributed by atoms with E-state index in [1.807, 2.05) is 13.8 Å². The molecule has 0 amide bonds. The highest BCUT2D eigenvalue weighted by atomic mass is 32.2. The fourth-order valence-electron chi connectivity index (χ4n) is 0.945. The third kappa shape index (κ3) is 3.25. The minimum absolute atomic E-state index is 0.481. The summed E-state index contributed by atoms with van der Waals surface area (Å²) in [5.74, 6) is 0.687. The van der Waals surface area contributed by atoms with Gasteiger partial charge in [0.1, 0.15) is 11.0 Å². The number of nitrogens with one attached hydrogen (secondary N) is 1. The predicted molar refractivity (Wildman–Crippen MR) is 58.3 cm³/mol. The zero-order valence-corrected chi connectivity index (χ0v) is 9.78. The summed E-state index contributed by atoms with van der Waals surface area (Å²) in [6.45, 7) is 4.68. The van der Waals surface area contributed by atoms with Gasteiger partial charge in [-0.25, -0.2) is 0 Å². The van der Waals surface area contributed by atoms with Gasteiger partial charge in [0.2, 0.25) is 0 Å². The Labute approximate surface area is 91.7 Å². The average molecular weight is 228 g/mol. The molecule has 14 heavy (non-hydrogen) atoms. The highest BCUT2D eigenvalue weighted by Gasteiger charge is 2.22. The van der Waals surface area contributed by atoms with Gasteiger partial charge in [-0.3, -0.25) is 5.32 Å². The Morgan fingerprint density at radius 3 is 3.07 bits per heavy atom. The van der Waals surface area contributed by atoms with Crippen molar-refractivity contribution in [2.75, 3.05) is 12.3 Å². The lowest BCUT2D eigenvalue weighted by Crippen LogP contribution is -2.43. The van der Waals surface area contributed by atoms with Crippen LogP contribution < -0.4 is 5.32 Å². The van der Waals surface area contributed by atoms with E-state index in [4.69, 9.17) is 5.26 Å². The van der Waals surface area contributed by atoms with E-state index in [1.54, 1.807) is 17.3 Å². The lowest BCUT2D eigenvalue weighted by atomic mass is 10.1. The molecular weight excluding hydrogens is 216 g/mol. The van der Waals surface area contributed by atoms with Crippen molar-refractivity contribution < 1.29 is 0 Å². The molecular formula is C8H12N4S2. The Morgan fingerprint density at radius 2 is 2.57 bits per heavy atom. The monoisotopic (exact) mass is 228 g/mol. The van der Waals surface area contributed by atoms with Gasteiger partial charge in [0.15, 0.2) is 4.34 Å². The van der Waals surface area contributed by atoms with Crippen LogP contribution in [0.1, 0.15) is 13.8 Å². The number of hydrogen-bond acceptors (Lipinski definition) is 6. The highest BCUT2D eigenvalue weighted by molar-refractivity contribution is 8.01. The van der Waals surface area contributed by atoms with Gasteiger partial charge in [-0.1, -0.05) is 30.0 Å². The maximum Gasteiger partial charge on any atom is 0.174 e. The van der Waals surface area contributed by atoms with Crippen molar-refractivity contribution in [3.05, 3.63) is 5.51 Å². The van der Waals surface area contributed by atoms with E-state index in [1.165, 1.54) is 11.3 Å². The van der Waals surface area contributed by atoms with Gasteiger partial charge < -0.3 is 0 Å².